The van der Waals surface area contributed by atoms with E-state index >= 15 is 0 Å². The van der Waals surface area contributed by atoms with Crippen LogP contribution in [-0.4, -0.2) is 64.9 Å². The number of halogens is 1. The van der Waals surface area contributed by atoms with Gasteiger partial charge in [-0.05, 0) is 44.9 Å². The molecule has 1 aliphatic heterocycles. The lowest BCUT2D eigenvalue weighted by molar-refractivity contribution is 0.0947. The average molecular weight is 482 g/mol. The van der Waals surface area contributed by atoms with E-state index in [1.807, 2.05) is 41.8 Å². The largest absolute Gasteiger partial charge is 0.496 e. The van der Waals surface area contributed by atoms with Gasteiger partial charge in [0.05, 0.1) is 22.9 Å². The number of rotatable bonds is 7. The van der Waals surface area contributed by atoms with Crippen LogP contribution in [-0.2, 0) is 0 Å². The molecule has 4 aromatic rings. The van der Waals surface area contributed by atoms with E-state index in [4.69, 9.17) is 14.8 Å². The Morgan fingerprint density at radius 3 is 2.85 bits per heavy atom. The number of piperidine rings is 1. The predicted octanol–water partition coefficient (Wildman–Crippen LogP) is 4.48. The fraction of sp³-hybridized carbons (Fsp3) is 0.400. The maximum absolute atomic E-state index is 13.3. The van der Waals surface area contributed by atoms with Crippen molar-refractivity contribution in [2.24, 2.45) is 0 Å². The molecule has 34 heavy (non-hydrogen) atoms. The minimum absolute atomic E-state index is 0.166. The number of alkyl halides is 1. The van der Waals surface area contributed by atoms with Gasteiger partial charge < -0.3 is 15.0 Å². The van der Waals surface area contributed by atoms with Crippen LogP contribution in [0, 0.1) is 6.92 Å². The SMILES string of the molecule is COc1cc2c(cc1C(=O)NCCCN1CCC(F)CC1)sc1nc(-c3cccc(C)c3)nn12. The van der Waals surface area contributed by atoms with E-state index in [9.17, 15) is 9.18 Å². The van der Waals surface area contributed by atoms with Gasteiger partial charge in [-0.3, -0.25) is 4.79 Å². The van der Waals surface area contributed by atoms with Crippen molar-refractivity contribution >= 4 is 32.4 Å². The van der Waals surface area contributed by atoms with Crippen LogP contribution in [0.3, 0.4) is 0 Å². The zero-order valence-corrected chi connectivity index (χ0v) is 20.2. The Morgan fingerprint density at radius 1 is 1.26 bits per heavy atom. The Hall–Kier alpha value is -3.04. The van der Waals surface area contributed by atoms with Gasteiger partial charge >= 0.3 is 0 Å². The minimum atomic E-state index is -0.664. The number of carbonyl (C=O) groups excluding carboxylic acids is 1. The first-order chi connectivity index (χ1) is 16.5. The third-order valence-corrected chi connectivity index (χ3v) is 7.26. The van der Waals surface area contributed by atoms with Crippen molar-refractivity contribution in [2.45, 2.75) is 32.4 Å². The number of hydrogen-bond donors (Lipinski definition) is 1. The summed E-state index contributed by atoms with van der Waals surface area (Å²) in [5, 5.41) is 7.70. The van der Waals surface area contributed by atoms with E-state index in [2.05, 4.69) is 16.3 Å². The van der Waals surface area contributed by atoms with Crippen molar-refractivity contribution in [1.82, 2.24) is 24.8 Å². The van der Waals surface area contributed by atoms with Crippen molar-refractivity contribution < 1.29 is 13.9 Å². The maximum atomic E-state index is 13.3. The molecule has 1 amide bonds. The van der Waals surface area contributed by atoms with Crippen LogP contribution in [0.15, 0.2) is 36.4 Å². The van der Waals surface area contributed by atoms with Gasteiger partial charge in [0, 0.05) is 31.3 Å². The lowest BCUT2D eigenvalue weighted by atomic mass is 10.1. The zero-order valence-electron chi connectivity index (χ0n) is 19.4. The topological polar surface area (TPSA) is 71.8 Å². The summed E-state index contributed by atoms with van der Waals surface area (Å²) in [5.41, 5.74) is 3.48. The Bertz CT molecular complexity index is 1330. The van der Waals surface area contributed by atoms with Crippen LogP contribution in [0.5, 0.6) is 5.75 Å². The number of thiazole rings is 1. The molecule has 1 aliphatic rings. The second-order valence-corrected chi connectivity index (χ2v) is 9.76. The fourth-order valence-corrected chi connectivity index (χ4v) is 5.37. The highest BCUT2D eigenvalue weighted by atomic mass is 32.1. The number of amides is 1. The molecule has 0 spiro atoms. The molecule has 178 valence electrons. The maximum Gasteiger partial charge on any atom is 0.255 e. The minimum Gasteiger partial charge on any atom is -0.496 e. The summed E-state index contributed by atoms with van der Waals surface area (Å²) in [7, 11) is 1.56. The predicted molar refractivity (Wildman–Crippen MR) is 133 cm³/mol. The van der Waals surface area contributed by atoms with Crippen LogP contribution in [0.2, 0.25) is 0 Å². The van der Waals surface area contributed by atoms with Gasteiger partial charge in [0.15, 0.2) is 5.82 Å². The van der Waals surface area contributed by atoms with Crippen LogP contribution < -0.4 is 10.1 Å². The lowest BCUT2D eigenvalue weighted by Crippen LogP contribution is -2.36. The van der Waals surface area contributed by atoms with E-state index in [0.717, 1.165) is 52.4 Å². The van der Waals surface area contributed by atoms with Crippen LogP contribution in [0.1, 0.15) is 35.2 Å². The quantitative estimate of drug-likeness (QED) is 0.394. The molecule has 0 aliphatic carbocycles. The highest BCUT2D eigenvalue weighted by molar-refractivity contribution is 7.23. The number of nitrogens with zero attached hydrogens (tertiary/aromatic N) is 4. The fourth-order valence-electron chi connectivity index (χ4n) is 4.39. The molecule has 1 fully saturated rings. The van der Waals surface area contributed by atoms with Crippen molar-refractivity contribution in [3.8, 4) is 17.1 Å². The normalized spacial score (nSPS) is 15.3. The Labute approximate surface area is 201 Å². The number of ether oxygens (including phenoxy) is 1. The smallest absolute Gasteiger partial charge is 0.255 e. The molecule has 1 N–H and O–H groups in total. The molecule has 2 aromatic heterocycles. The monoisotopic (exact) mass is 481 g/mol. The third kappa shape index (κ3) is 4.63. The summed E-state index contributed by atoms with van der Waals surface area (Å²) >= 11 is 1.50. The van der Waals surface area contributed by atoms with Gasteiger partial charge in [-0.25, -0.2) is 8.91 Å². The van der Waals surface area contributed by atoms with Gasteiger partial charge in [0.1, 0.15) is 11.9 Å². The first kappa shape index (κ1) is 22.7. The van der Waals surface area contributed by atoms with Gasteiger partial charge in [0.25, 0.3) is 5.91 Å². The average Bonchev–Trinajstić information content (AvgIpc) is 3.40. The molecule has 0 radical (unpaired) electrons. The number of nitrogens with one attached hydrogen (secondary N) is 1. The number of methoxy groups -OCH3 is 1. The molecule has 0 atom stereocenters. The standard InChI is InChI=1S/C25H28FN5O2S/c1-16-5-3-6-17(13-16)23-28-25-31(29-23)20-15-21(33-2)19(14-22(20)34-25)24(32)27-9-4-10-30-11-7-18(26)8-12-30/h3,5-6,13-15,18H,4,7-12H2,1-2H3,(H,27,32). The number of fused-ring (bicyclic) bond motifs is 3. The summed E-state index contributed by atoms with van der Waals surface area (Å²) in [6.07, 6.45) is 1.37. The molecule has 3 heterocycles. The van der Waals surface area contributed by atoms with Gasteiger partial charge in [0.2, 0.25) is 4.96 Å². The molecular weight excluding hydrogens is 453 g/mol. The summed E-state index contributed by atoms with van der Waals surface area (Å²) in [6.45, 7) is 5.05. The molecule has 2 aromatic carbocycles. The summed E-state index contributed by atoms with van der Waals surface area (Å²) in [5.74, 6) is 1.01. The van der Waals surface area contributed by atoms with Crippen LogP contribution in [0.4, 0.5) is 4.39 Å². The molecule has 0 unspecified atom stereocenters. The molecule has 0 saturated carbocycles. The summed E-state index contributed by atoms with van der Waals surface area (Å²) in [4.78, 5) is 20.6. The van der Waals surface area contributed by atoms with E-state index < -0.39 is 6.17 Å². The van der Waals surface area contributed by atoms with Gasteiger partial charge in [-0.1, -0.05) is 35.1 Å². The van der Waals surface area contributed by atoms with Crippen molar-refractivity contribution in [1.29, 1.82) is 0 Å². The Balaban J connectivity index is 1.31. The van der Waals surface area contributed by atoms with Crippen molar-refractivity contribution in [3.63, 3.8) is 0 Å². The second-order valence-electron chi connectivity index (χ2n) is 8.75. The number of carbonyl (C=O) groups is 1. The van der Waals surface area contributed by atoms with Crippen molar-refractivity contribution in [3.05, 3.63) is 47.5 Å². The number of benzene rings is 2. The van der Waals surface area contributed by atoms with Crippen molar-refractivity contribution in [2.75, 3.05) is 33.3 Å². The summed E-state index contributed by atoms with van der Waals surface area (Å²) < 4.78 is 21.6. The van der Waals surface area contributed by atoms with E-state index in [1.54, 1.807) is 7.11 Å². The second kappa shape index (κ2) is 9.68. The molecular formula is C25H28FN5O2S. The van der Waals surface area contributed by atoms with E-state index in [-0.39, 0.29) is 5.91 Å². The number of aromatic nitrogens is 3. The highest BCUT2D eigenvalue weighted by Gasteiger charge is 2.20. The Morgan fingerprint density at radius 2 is 2.09 bits per heavy atom. The third-order valence-electron chi connectivity index (χ3n) is 6.26. The molecule has 1 saturated heterocycles. The van der Waals surface area contributed by atoms with Gasteiger partial charge in [-0.15, -0.1) is 5.10 Å². The molecule has 7 nitrogen and oxygen atoms in total. The van der Waals surface area contributed by atoms with E-state index in [0.29, 0.717) is 36.5 Å². The molecule has 0 bridgehead atoms. The molecule has 5 rings (SSSR count). The Kier molecular flexibility index (Phi) is 6.47. The number of hydrogen-bond acceptors (Lipinski definition) is 6. The first-order valence-electron chi connectivity index (χ1n) is 11.6. The van der Waals surface area contributed by atoms with Crippen LogP contribution >= 0.6 is 11.3 Å². The van der Waals surface area contributed by atoms with E-state index in [1.165, 1.54) is 11.3 Å². The number of likely N-dealkylation sites (tertiary alicyclic amines) is 1. The molecule has 9 heteroatoms. The first-order valence-corrected chi connectivity index (χ1v) is 12.4. The van der Waals surface area contributed by atoms with Crippen LogP contribution in [0.25, 0.3) is 26.6 Å². The highest BCUT2D eigenvalue weighted by Crippen LogP contribution is 2.33. The van der Waals surface area contributed by atoms with Gasteiger partial charge in [-0.2, -0.15) is 4.98 Å². The lowest BCUT2D eigenvalue weighted by Gasteiger charge is -2.28. The zero-order chi connectivity index (χ0) is 23.7. The summed E-state index contributed by atoms with van der Waals surface area (Å²) in [6, 6.07) is 11.8. The number of aryl methyl sites for hydroxylation is 1.